The van der Waals surface area contributed by atoms with Crippen molar-refractivity contribution < 1.29 is 18.5 Å². The fourth-order valence-corrected chi connectivity index (χ4v) is 1.68. The van der Waals surface area contributed by atoms with Crippen LogP contribution in [-0.2, 0) is 0 Å². The second-order valence-corrected chi connectivity index (χ2v) is 4.10. The van der Waals surface area contributed by atoms with E-state index in [1.54, 1.807) is 0 Å². The van der Waals surface area contributed by atoms with Crippen LogP contribution in [0.4, 0.5) is 14.6 Å². The van der Waals surface area contributed by atoms with Crippen molar-refractivity contribution in [1.29, 1.82) is 0 Å². The Bertz CT molecular complexity index is 684. The summed E-state index contributed by atoms with van der Waals surface area (Å²) in [6.45, 7) is 1.44. The first-order valence-corrected chi connectivity index (χ1v) is 5.57. The lowest BCUT2D eigenvalue weighted by atomic mass is 10.0. The molecule has 2 aromatic rings. The minimum Gasteiger partial charge on any atom is -0.358 e. The molecule has 1 aromatic carbocycles. The number of carbonyl (C=O) groups excluding carboxylic acids is 1. The summed E-state index contributed by atoms with van der Waals surface area (Å²) in [5, 5.41) is 10.5. The van der Waals surface area contributed by atoms with E-state index in [9.17, 15) is 23.7 Å². The number of imidazole rings is 1. The van der Waals surface area contributed by atoms with Crippen LogP contribution in [0, 0.1) is 21.7 Å². The summed E-state index contributed by atoms with van der Waals surface area (Å²) < 4.78 is 27.5. The summed E-state index contributed by atoms with van der Waals surface area (Å²) in [4.78, 5) is 25.4. The van der Waals surface area contributed by atoms with E-state index in [2.05, 4.69) is 4.98 Å². The molecule has 0 saturated heterocycles. The summed E-state index contributed by atoms with van der Waals surface area (Å²) >= 11 is 0. The van der Waals surface area contributed by atoms with Crippen LogP contribution in [0.2, 0.25) is 0 Å². The summed E-state index contributed by atoms with van der Waals surface area (Å²) in [7, 11) is 0. The zero-order valence-electron chi connectivity index (χ0n) is 10.3. The largest absolute Gasteiger partial charge is 0.381 e. The van der Waals surface area contributed by atoms with E-state index >= 15 is 0 Å². The smallest absolute Gasteiger partial charge is 0.358 e. The van der Waals surface area contributed by atoms with E-state index < -0.39 is 34.2 Å². The molecule has 0 fully saturated rings. The van der Waals surface area contributed by atoms with Crippen molar-refractivity contribution in [3.05, 3.63) is 58.0 Å². The Balaban J connectivity index is 2.29. The van der Waals surface area contributed by atoms with Gasteiger partial charge < -0.3 is 10.1 Å². The standard InChI is InChI=1S/C12H9F2N3O3/c1-7(16-5-11(15-6-16)17(19)20)12(18)9-3-2-8(13)4-10(9)14/h2-7H,1H3. The molecule has 0 radical (unpaired) electrons. The summed E-state index contributed by atoms with van der Waals surface area (Å²) in [6.07, 6.45) is 2.19. The number of benzene rings is 1. The van der Waals surface area contributed by atoms with Crippen molar-refractivity contribution in [3.8, 4) is 0 Å². The number of rotatable bonds is 4. The Hall–Kier alpha value is -2.64. The SMILES string of the molecule is CC(C(=O)c1ccc(F)cc1F)n1cnc([N+](=O)[O-])c1. The van der Waals surface area contributed by atoms with Crippen LogP contribution in [-0.4, -0.2) is 20.3 Å². The van der Waals surface area contributed by atoms with Crippen molar-refractivity contribution in [2.75, 3.05) is 0 Å². The summed E-state index contributed by atoms with van der Waals surface area (Å²) in [5.74, 6) is -2.81. The molecule has 20 heavy (non-hydrogen) atoms. The number of aromatic nitrogens is 2. The van der Waals surface area contributed by atoms with E-state index in [1.807, 2.05) is 0 Å². The molecular weight excluding hydrogens is 272 g/mol. The minimum absolute atomic E-state index is 0.282. The van der Waals surface area contributed by atoms with E-state index in [0.29, 0.717) is 6.07 Å². The minimum atomic E-state index is -0.975. The number of Topliss-reactive ketones (excluding diaryl/α,β-unsaturated/α-hetero) is 1. The maximum absolute atomic E-state index is 13.5. The average molecular weight is 281 g/mol. The summed E-state index contributed by atoms with van der Waals surface area (Å²) in [5.41, 5.74) is -0.282. The highest BCUT2D eigenvalue weighted by molar-refractivity contribution is 5.99. The Morgan fingerprint density at radius 2 is 2.15 bits per heavy atom. The predicted molar refractivity (Wildman–Crippen MR) is 64.3 cm³/mol. The number of halogens is 2. The van der Waals surface area contributed by atoms with Crippen LogP contribution < -0.4 is 0 Å². The van der Waals surface area contributed by atoms with Crippen molar-refractivity contribution in [2.24, 2.45) is 0 Å². The number of nitrogens with zero attached hydrogens (tertiary/aromatic N) is 3. The van der Waals surface area contributed by atoms with Crippen LogP contribution in [0.25, 0.3) is 0 Å². The molecule has 1 atom stereocenters. The normalized spacial score (nSPS) is 12.2. The Morgan fingerprint density at radius 1 is 1.45 bits per heavy atom. The van der Waals surface area contributed by atoms with Crippen LogP contribution in [0.5, 0.6) is 0 Å². The third kappa shape index (κ3) is 2.53. The quantitative estimate of drug-likeness (QED) is 0.490. The molecule has 0 saturated carbocycles. The molecule has 6 nitrogen and oxygen atoms in total. The van der Waals surface area contributed by atoms with Crippen molar-refractivity contribution in [1.82, 2.24) is 9.55 Å². The van der Waals surface area contributed by atoms with Crippen LogP contribution in [0.1, 0.15) is 23.3 Å². The predicted octanol–water partition coefficient (Wildman–Crippen LogP) is 2.51. The second kappa shape index (κ2) is 5.16. The van der Waals surface area contributed by atoms with Gasteiger partial charge in [-0.1, -0.05) is 0 Å². The van der Waals surface area contributed by atoms with Gasteiger partial charge in [-0.25, -0.2) is 8.78 Å². The molecule has 0 aliphatic rings. The van der Waals surface area contributed by atoms with Gasteiger partial charge in [-0.3, -0.25) is 9.36 Å². The molecule has 104 valence electrons. The molecule has 0 N–H and O–H groups in total. The lowest BCUT2D eigenvalue weighted by molar-refractivity contribution is -0.389. The monoisotopic (exact) mass is 281 g/mol. The van der Waals surface area contributed by atoms with Crippen LogP contribution in [0.3, 0.4) is 0 Å². The highest BCUT2D eigenvalue weighted by Crippen LogP contribution is 2.19. The number of hydrogen-bond acceptors (Lipinski definition) is 4. The number of nitro groups is 1. The maximum Gasteiger partial charge on any atom is 0.381 e. The van der Waals surface area contributed by atoms with Gasteiger partial charge in [-0.2, -0.15) is 0 Å². The molecule has 0 aliphatic carbocycles. The van der Waals surface area contributed by atoms with Crippen LogP contribution in [0.15, 0.2) is 30.7 Å². The third-order valence-corrected chi connectivity index (χ3v) is 2.80. The van der Waals surface area contributed by atoms with Gasteiger partial charge in [0, 0.05) is 6.07 Å². The lowest BCUT2D eigenvalue weighted by Gasteiger charge is -2.11. The van der Waals surface area contributed by atoms with Gasteiger partial charge in [0.05, 0.1) is 11.6 Å². The highest BCUT2D eigenvalue weighted by Gasteiger charge is 2.23. The number of carbonyl (C=O) groups is 1. The maximum atomic E-state index is 13.5. The average Bonchev–Trinajstić information content (AvgIpc) is 2.87. The molecule has 2 rings (SSSR count). The number of hydrogen-bond donors (Lipinski definition) is 0. The zero-order valence-corrected chi connectivity index (χ0v) is 10.3. The van der Waals surface area contributed by atoms with E-state index in [0.717, 1.165) is 24.7 Å². The molecule has 0 bridgehead atoms. The first-order valence-electron chi connectivity index (χ1n) is 5.57. The molecular formula is C12H9F2N3O3. The molecule has 1 aromatic heterocycles. The van der Waals surface area contributed by atoms with Crippen molar-refractivity contribution in [3.63, 3.8) is 0 Å². The fraction of sp³-hybridized carbons (Fsp3) is 0.167. The Morgan fingerprint density at radius 3 is 2.70 bits per heavy atom. The third-order valence-electron chi connectivity index (χ3n) is 2.80. The van der Waals surface area contributed by atoms with Crippen LogP contribution >= 0.6 is 0 Å². The van der Waals surface area contributed by atoms with Gasteiger partial charge in [0.1, 0.15) is 17.8 Å². The van der Waals surface area contributed by atoms with Gasteiger partial charge >= 0.3 is 5.82 Å². The molecule has 8 heteroatoms. The molecule has 1 unspecified atom stereocenters. The Labute approximate surface area is 111 Å². The van der Waals surface area contributed by atoms with Gasteiger partial charge in [0.25, 0.3) is 0 Å². The topological polar surface area (TPSA) is 78.0 Å². The zero-order chi connectivity index (χ0) is 14.9. The molecule has 0 aliphatic heterocycles. The van der Waals surface area contributed by atoms with Crippen molar-refractivity contribution in [2.45, 2.75) is 13.0 Å². The number of ketones is 1. The highest BCUT2D eigenvalue weighted by atomic mass is 19.1. The first-order chi connectivity index (χ1) is 9.40. The van der Waals surface area contributed by atoms with E-state index in [-0.39, 0.29) is 5.56 Å². The van der Waals surface area contributed by atoms with Gasteiger partial charge in [-0.05, 0) is 29.0 Å². The van der Waals surface area contributed by atoms with Gasteiger partial charge in [-0.15, -0.1) is 0 Å². The Kier molecular flexibility index (Phi) is 3.55. The molecule has 1 heterocycles. The van der Waals surface area contributed by atoms with Crippen molar-refractivity contribution >= 4 is 11.6 Å². The fourth-order valence-electron chi connectivity index (χ4n) is 1.68. The van der Waals surface area contributed by atoms with Gasteiger partial charge in [0.15, 0.2) is 5.78 Å². The molecule has 0 spiro atoms. The first kappa shape index (κ1) is 13.8. The van der Waals surface area contributed by atoms with E-state index in [1.165, 1.54) is 11.5 Å². The van der Waals surface area contributed by atoms with Gasteiger partial charge in [0.2, 0.25) is 6.33 Å². The van der Waals surface area contributed by atoms with E-state index in [4.69, 9.17) is 0 Å². The summed E-state index contributed by atoms with van der Waals surface area (Å²) in [6, 6.07) is 1.72. The lowest BCUT2D eigenvalue weighted by Crippen LogP contribution is -2.16. The second-order valence-electron chi connectivity index (χ2n) is 4.10. The molecule has 0 amide bonds.